The molecule has 0 amide bonds. The van der Waals surface area contributed by atoms with Crippen LogP contribution in [0, 0.1) is 17.2 Å². The van der Waals surface area contributed by atoms with E-state index < -0.39 is 5.97 Å². The fourth-order valence-corrected chi connectivity index (χ4v) is 2.34. The third kappa shape index (κ3) is 3.18. The zero-order chi connectivity index (χ0) is 14.7. The van der Waals surface area contributed by atoms with Crippen molar-refractivity contribution in [3.63, 3.8) is 0 Å². The Kier molecular flexibility index (Phi) is 4.09. The Hall–Kier alpha value is -2.28. The topological polar surface area (TPSA) is 64.3 Å². The van der Waals surface area contributed by atoms with Gasteiger partial charge in [0.15, 0.2) is 0 Å². The minimum absolute atomic E-state index is 0.419. The quantitative estimate of drug-likeness (QED) is 0.835. The van der Waals surface area contributed by atoms with E-state index in [-0.39, 0.29) is 0 Å². The molecule has 1 N–H and O–H groups in total. The third-order valence-electron chi connectivity index (χ3n) is 3.85. The summed E-state index contributed by atoms with van der Waals surface area (Å²) in [5, 5.41) is 17.9. The monoisotopic (exact) mass is 270 g/mol. The molecule has 1 aromatic carbocycles. The predicted octanol–water partition coefficient (Wildman–Crippen LogP) is 2.89. The summed E-state index contributed by atoms with van der Waals surface area (Å²) in [6, 6.07) is 8.07. The molecule has 1 unspecified atom stereocenters. The molecule has 0 radical (unpaired) electrons. The highest BCUT2D eigenvalue weighted by Crippen LogP contribution is 2.37. The van der Waals surface area contributed by atoms with E-state index >= 15 is 0 Å². The van der Waals surface area contributed by atoms with Gasteiger partial charge in [-0.2, -0.15) is 5.26 Å². The first-order valence-corrected chi connectivity index (χ1v) is 6.71. The standard InChI is InChI=1S/C16H18N2O2/c1-11(13-5-6-13)18(2)15-7-3-12(4-8-16(19)20)9-14(15)10-17/h3-4,7-9,11,13H,5-6H2,1-2H3,(H,19,20)/b8-4+. The molecule has 0 heterocycles. The molecule has 1 atom stereocenters. The van der Waals surface area contributed by atoms with Crippen molar-refractivity contribution < 1.29 is 9.90 Å². The van der Waals surface area contributed by atoms with Crippen LogP contribution in [-0.2, 0) is 4.79 Å². The third-order valence-corrected chi connectivity index (χ3v) is 3.85. The second-order valence-electron chi connectivity index (χ2n) is 5.25. The molecule has 1 aromatic rings. The van der Waals surface area contributed by atoms with Gasteiger partial charge in [-0.05, 0) is 49.5 Å². The number of carbonyl (C=O) groups is 1. The lowest BCUT2D eigenvalue weighted by molar-refractivity contribution is -0.131. The van der Waals surface area contributed by atoms with Crippen LogP contribution in [-0.4, -0.2) is 24.2 Å². The Morgan fingerprint density at radius 3 is 2.80 bits per heavy atom. The summed E-state index contributed by atoms with van der Waals surface area (Å²) in [7, 11) is 2.01. The molecule has 0 saturated heterocycles. The van der Waals surface area contributed by atoms with Gasteiger partial charge in [-0.15, -0.1) is 0 Å². The summed E-state index contributed by atoms with van der Waals surface area (Å²) in [5.74, 6) is -0.273. The Morgan fingerprint density at radius 2 is 2.25 bits per heavy atom. The van der Waals surface area contributed by atoms with Crippen molar-refractivity contribution in [2.75, 3.05) is 11.9 Å². The highest BCUT2D eigenvalue weighted by atomic mass is 16.4. The molecule has 0 aromatic heterocycles. The molecule has 0 spiro atoms. The molecular formula is C16H18N2O2. The second kappa shape index (κ2) is 5.79. The van der Waals surface area contributed by atoms with E-state index in [1.54, 1.807) is 6.07 Å². The van der Waals surface area contributed by atoms with E-state index in [9.17, 15) is 10.1 Å². The SMILES string of the molecule is CC(C1CC1)N(C)c1ccc(/C=C/C(=O)O)cc1C#N. The first-order valence-electron chi connectivity index (χ1n) is 6.71. The van der Waals surface area contributed by atoms with E-state index in [2.05, 4.69) is 17.9 Å². The van der Waals surface area contributed by atoms with Crippen molar-refractivity contribution in [2.24, 2.45) is 5.92 Å². The minimum Gasteiger partial charge on any atom is -0.478 e. The number of nitriles is 1. The van der Waals surface area contributed by atoms with Gasteiger partial charge in [-0.3, -0.25) is 0 Å². The average molecular weight is 270 g/mol. The number of aliphatic carboxylic acids is 1. The maximum atomic E-state index is 10.5. The number of rotatable bonds is 5. The first-order chi connectivity index (χ1) is 9.52. The summed E-state index contributed by atoms with van der Waals surface area (Å²) in [6.07, 6.45) is 5.09. The lowest BCUT2D eigenvalue weighted by Gasteiger charge is -2.28. The molecule has 1 fully saturated rings. The molecule has 0 aliphatic heterocycles. The smallest absolute Gasteiger partial charge is 0.328 e. The van der Waals surface area contributed by atoms with E-state index in [0.29, 0.717) is 11.6 Å². The summed E-state index contributed by atoms with van der Waals surface area (Å²) < 4.78 is 0. The maximum Gasteiger partial charge on any atom is 0.328 e. The molecule has 4 nitrogen and oxygen atoms in total. The number of nitrogens with zero attached hydrogens (tertiary/aromatic N) is 2. The van der Waals surface area contributed by atoms with Crippen molar-refractivity contribution in [2.45, 2.75) is 25.8 Å². The van der Waals surface area contributed by atoms with Gasteiger partial charge in [0, 0.05) is 19.2 Å². The Bertz CT molecular complexity index is 583. The molecule has 2 rings (SSSR count). The van der Waals surface area contributed by atoms with Gasteiger partial charge in [0.25, 0.3) is 0 Å². The molecule has 104 valence electrons. The molecule has 1 saturated carbocycles. The minimum atomic E-state index is -0.993. The zero-order valence-electron chi connectivity index (χ0n) is 11.7. The van der Waals surface area contributed by atoms with Crippen LogP contribution in [0.25, 0.3) is 6.08 Å². The highest BCUT2D eigenvalue weighted by Gasteiger charge is 2.31. The number of benzene rings is 1. The fourth-order valence-electron chi connectivity index (χ4n) is 2.34. The molecule has 4 heteroatoms. The van der Waals surface area contributed by atoms with Gasteiger partial charge in [0.05, 0.1) is 11.3 Å². The Morgan fingerprint density at radius 1 is 1.55 bits per heavy atom. The summed E-state index contributed by atoms with van der Waals surface area (Å²) in [5.41, 5.74) is 2.20. The van der Waals surface area contributed by atoms with Crippen LogP contribution in [0.15, 0.2) is 24.3 Å². The first kappa shape index (κ1) is 14.1. The van der Waals surface area contributed by atoms with E-state index in [1.807, 2.05) is 19.2 Å². The maximum absolute atomic E-state index is 10.5. The van der Waals surface area contributed by atoms with Crippen LogP contribution in [0.3, 0.4) is 0 Å². The van der Waals surface area contributed by atoms with E-state index in [1.165, 1.54) is 18.9 Å². The molecule has 1 aliphatic rings. The predicted molar refractivity (Wildman–Crippen MR) is 78.4 cm³/mol. The fraction of sp³-hybridized carbons (Fsp3) is 0.375. The molecule has 20 heavy (non-hydrogen) atoms. The lowest BCUT2D eigenvalue weighted by atomic mass is 10.1. The molecule has 0 bridgehead atoms. The number of carboxylic acids is 1. The van der Waals surface area contributed by atoms with E-state index in [0.717, 1.165) is 23.2 Å². The van der Waals surface area contributed by atoms with Crippen LogP contribution in [0.5, 0.6) is 0 Å². The number of anilines is 1. The van der Waals surface area contributed by atoms with Crippen molar-refractivity contribution in [1.82, 2.24) is 0 Å². The van der Waals surface area contributed by atoms with Crippen LogP contribution in [0.4, 0.5) is 5.69 Å². The highest BCUT2D eigenvalue weighted by molar-refractivity contribution is 5.85. The van der Waals surface area contributed by atoms with Crippen LogP contribution in [0.1, 0.15) is 30.9 Å². The van der Waals surface area contributed by atoms with Gasteiger partial charge in [-0.25, -0.2) is 4.79 Å². The van der Waals surface area contributed by atoms with Crippen molar-refractivity contribution in [3.8, 4) is 6.07 Å². The van der Waals surface area contributed by atoms with Gasteiger partial charge in [-0.1, -0.05) is 6.07 Å². The normalized spacial score (nSPS) is 15.8. The number of hydrogen-bond donors (Lipinski definition) is 1. The summed E-state index contributed by atoms with van der Waals surface area (Å²) >= 11 is 0. The van der Waals surface area contributed by atoms with Gasteiger partial charge >= 0.3 is 5.97 Å². The second-order valence-corrected chi connectivity index (χ2v) is 5.25. The van der Waals surface area contributed by atoms with Crippen LogP contribution >= 0.6 is 0 Å². The summed E-state index contributed by atoms with van der Waals surface area (Å²) in [4.78, 5) is 12.7. The zero-order valence-corrected chi connectivity index (χ0v) is 11.7. The molecule has 1 aliphatic carbocycles. The average Bonchev–Trinajstić information content (AvgIpc) is 3.27. The van der Waals surface area contributed by atoms with Crippen LogP contribution in [0.2, 0.25) is 0 Å². The van der Waals surface area contributed by atoms with Gasteiger partial charge < -0.3 is 10.0 Å². The Labute approximate surface area is 118 Å². The molecular weight excluding hydrogens is 252 g/mol. The Balaban J connectivity index is 2.25. The number of carboxylic acid groups (broad SMARTS) is 1. The largest absolute Gasteiger partial charge is 0.478 e. The van der Waals surface area contributed by atoms with Crippen LogP contribution < -0.4 is 4.90 Å². The van der Waals surface area contributed by atoms with Crippen molar-refractivity contribution >= 4 is 17.7 Å². The van der Waals surface area contributed by atoms with Crippen molar-refractivity contribution in [3.05, 3.63) is 35.4 Å². The summed E-state index contributed by atoms with van der Waals surface area (Å²) in [6.45, 7) is 2.18. The van der Waals surface area contributed by atoms with Gasteiger partial charge in [0.1, 0.15) is 6.07 Å². The van der Waals surface area contributed by atoms with Gasteiger partial charge in [0.2, 0.25) is 0 Å². The number of hydrogen-bond acceptors (Lipinski definition) is 3. The van der Waals surface area contributed by atoms with Crippen molar-refractivity contribution in [1.29, 1.82) is 5.26 Å². The lowest BCUT2D eigenvalue weighted by Crippen LogP contribution is -2.31. The van der Waals surface area contributed by atoms with E-state index in [4.69, 9.17) is 5.11 Å².